The molecule has 2 aromatic carbocycles. The zero-order valence-electron chi connectivity index (χ0n) is 15.4. The standard InChI is InChI=1S/C20H23BrN2O4S/c21-15-6-8-16(9-7-15)22-20(24)14-27-18-10-12-19(13-11-18)28(25,26)23-17-4-2-1-3-5-17/h6-13,17,23H,1-5,14H2,(H,22,24). The van der Waals surface area contributed by atoms with E-state index in [-0.39, 0.29) is 23.5 Å². The Morgan fingerprint density at radius 1 is 1.00 bits per heavy atom. The van der Waals surface area contributed by atoms with Gasteiger partial charge in [0, 0.05) is 16.2 Å². The Morgan fingerprint density at radius 2 is 1.64 bits per heavy atom. The number of rotatable bonds is 7. The minimum atomic E-state index is -3.54. The summed E-state index contributed by atoms with van der Waals surface area (Å²) in [6.45, 7) is -0.164. The van der Waals surface area contributed by atoms with Crippen LogP contribution in [0.3, 0.4) is 0 Å². The number of ether oxygens (including phenoxy) is 1. The van der Waals surface area contributed by atoms with E-state index in [9.17, 15) is 13.2 Å². The molecular formula is C20H23BrN2O4S. The molecule has 0 aromatic heterocycles. The maximum Gasteiger partial charge on any atom is 0.262 e. The van der Waals surface area contributed by atoms with Gasteiger partial charge < -0.3 is 10.1 Å². The molecule has 0 heterocycles. The fraction of sp³-hybridized carbons (Fsp3) is 0.350. The SMILES string of the molecule is O=C(COc1ccc(S(=O)(=O)NC2CCCCC2)cc1)Nc1ccc(Br)cc1. The monoisotopic (exact) mass is 466 g/mol. The number of anilines is 1. The van der Waals surface area contributed by atoms with Crippen LogP contribution in [0.15, 0.2) is 57.9 Å². The molecule has 150 valence electrons. The Bertz CT molecular complexity index is 893. The van der Waals surface area contributed by atoms with Gasteiger partial charge in [-0.25, -0.2) is 13.1 Å². The first kappa shape index (κ1) is 20.8. The molecule has 1 aliphatic carbocycles. The second kappa shape index (κ2) is 9.54. The summed E-state index contributed by atoms with van der Waals surface area (Å²) in [5.74, 6) is 0.139. The van der Waals surface area contributed by atoms with E-state index in [4.69, 9.17) is 4.74 Å². The molecule has 2 N–H and O–H groups in total. The van der Waals surface area contributed by atoms with Crippen LogP contribution in [0.2, 0.25) is 0 Å². The first-order valence-electron chi connectivity index (χ1n) is 9.23. The number of sulfonamides is 1. The zero-order valence-corrected chi connectivity index (χ0v) is 17.8. The third-order valence-electron chi connectivity index (χ3n) is 4.56. The summed E-state index contributed by atoms with van der Waals surface area (Å²) in [5.41, 5.74) is 0.673. The Hall–Kier alpha value is -1.90. The van der Waals surface area contributed by atoms with Crippen molar-refractivity contribution in [3.05, 3.63) is 53.0 Å². The van der Waals surface area contributed by atoms with Gasteiger partial charge in [0.1, 0.15) is 5.75 Å². The summed E-state index contributed by atoms with van der Waals surface area (Å²) in [4.78, 5) is 12.2. The molecule has 0 spiro atoms. The van der Waals surface area contributed by atoms with Crippen molar-refractivity contribution < 1.29 is 17.9 Å². The van der Waals surface area contributed by atoms with E-state index >= 15 is 0 Å². The largest absolute Gasteiger partial charge is 0.484 e. The second-order valence-corrected chi connectivity index (χ2v) is 9.40. The Balaban J connectivity index is 1.52. The summed E-state index contributed by atoms with van der Waals surface area (Å²) >= 11 is 3.34. The predicted octanol–water partition coefficient (Wildman–Crippen LogP) is 4.08. The van der Waals surface area contributed by atoms with E-state index in [1.165, 1.54) is 18.6 Å². The lowest BCUT2D eigenvalue weighted by Gasteiger charge is -2.22. The highest BCUT2D eigenvalue weighted by Crippen LogP contribution is 2.21. The van der Waals surface area contributed by atoms with Crippen molar-refractivity contribution in [2.45, 2.75) is 43.0 Å². The third kappa shape index (κ3) is 6.05. The Kier molecular flexibility index (Phi) is 7.09. The van der Waals surface area contributed by atoms with Gasteiger partial charge in [0.25, 0.3) is 5.91 Å². The number of carbonyl (C=O) groups excluding carboxylic acids is 1. The van der Waals surface area contributed by atoms with Gasteiger partial charge in [-0.2, -0.15) is 0 Å². The molecule has 0 radical (unpaired) electrons. The maximum atomic E-state index is 12.5. The predicted molar refractivity (Wildman–Crippen MR) is 112 cm³/mol. The quantitative estimate of drug-likeness (QED) is 0.643. The third-order valence-corrected chi connectivity index (χ3v) is 6.62. The van der Waals surface area contributed by atoms with Crippen molar-refractivity contribution in [1.82, 2.24) is 4.72 Å². The molecule has 1 amide bonds. The van der Waals surface area contributed by atoms with Crippen molar-refractivity contribution in [3.63, 3.8) is 0 Å². The van der Waals surface area contributed by atoms with E-state index in [0.29, 0.717) is 11.4 Å². The van der Waals surface area contributed by atoms with Gasteiger partial charge in [-0.05, 0) is 61.4 Å². The average molecular weight is 467 g/mol. The smallest absolute Gasteiger partial charge is 0.262 e. The van der Waals surface area contributed by atoms with Crippen molar-refractivity contribution >= 4 is 37.5 Å². The van der Waals surface area contributed by atoms with Gasteiger partial charge in [0.15, 0.2) is 6.61 Å². The normalized spacial score (nSPS) is 15.2. The molecule has 0 atom stereocenters. The van der Waals surface area contributed by atoms with Gasteiger partial charge in [0.05, 0.1) is 4.90 Å². The summed E-state index contributed by atoms with van der Waals surface area (Å²) in [6.07, 6.45) is 5.05. The van der Waals surface area contributed by atoms with Gasteiger partial charge >= 0.3 is 0 Å². The van der Waals surface area contributed by atoms with Crippen molar-refractivity contribution in [2.24, 2.45) is 0 Å². The van der Waals surface area contributed by atoms with Crippen molar-refractivity contribution in [2.75, 3.05) is 11.9 Å². The number of hydrogen-bond donors (Lipinski definition) is 2. The van der Waals surface area contributed by atoms with Crippen LogP contribution in [0.5, 0.6) is 5.75 Å². The molecule has 0 saturated heterocycles. The van der Waals surface area contributed by atoms with Crippen molar-refractivity contribution in [1.29, 1.82) is 0 Å². The molecule has 0 unspecified atom stereocenters. The minimum absolute atomic E-state index is 0.0111. The van der Waals surface area contributed by atoms with Crippen molar-refractivity contribution in [3.8, 4) is 5.75 Å². The number of benzene rings is 2. The van der Waals surface area contributed by atoms with E-state index in [1.807, 2.05) is 12.1 Å². The lowest BCUT2D eigenvalue weighted by molar-refractivity contribution is -0.118. The summed E-state index contributed by atoms with van der Waals surface area (Å²) < 4.78 is 34.1. The van der Waals surface area contributed by atoms with Crippen LogP contribution in [-0.4, -0.2) is 27.0 Å². The van der Waals surface area contributed by atoms with E-state index in [2.05, 4.69) is 26.0 Å². The highest BCUT2D eigenvalue weighted by Gasteiger charge is 2.21. The van der Waals surface area contributed by atoms with Gasteiger partial charge in [-0.3, -0.25) is 4.79 Å². The average Bonchev–Trinajstić information content (AvgIpc) is 2.69. The van der Waals surface area contributed by atoms with E-state index in [0.717, 1.165) is 30.2 Å². The fourth-order valence-electron chi connectivity index (χ4n) is 3.10. The number of amides is 1. The lowest BCUT2D eigenvalue weighted by Crippen LogP contribution is -2.36. The van der Waals surface area contributed by atoms with E-state index < -0.39 is 10.0 Å². The molecule has 2 aromatic rings. The highest BCUT2D eigenvalue weighted by atomic mass is 79.9. The van der Waals surface area contributed by atoms with Crippen LogP contribution < -0.4 is 14.8 Å². The molecule has 3 rings (SSSR count). The Labute approximate surface area is 173 Å². The topological polar surface area (TPSA) is 84.5 Å². The Morgan fingerprint density at radius 3 is 2.29 bits per heavy atom. The number of carbonyl (C=O) groups is 1. The molecule has 6 nitrogen and oxygen atoms in total. The van der Waals surface area contributed by atoms with E-state index in [1.54, 1.807) is 24.3 Å². The fourth-order valence-corrected chi connectivity index (χ4v) is 4.67. The zero-order chi connectivity index (χ0) is 20.0. The lowest BCUT2D eigenvalue weighted by atomic mass is 9.96. The molecule has 28 heavy (non-hydrogen) atoms. The van der Waals surface area contributed by atoms with Crippen LogP contribution in [0.25, 0.3) is 0 Å². The summed E-state index contributed by atoms with van der Waals surface area (Å²) in [6, 6.07) is 13.3. The highest BCUT2D eigenvalue weighted by molar-refractivity contribution is 9.10. The van der Waals surface area contributed by atoms with Gasteiger partial charge in [-0.15, -0.1) is 0 Å². The van der Waals surface area contributed by atoms with Gasteiger partial charge in [0.2, 0.25) is 10.0 Å². The summed E-state index contributed by atoms with van der Waals surface area (Å²) in [7, 11) is -3.54. The minimum Gasteiger partial charge on any atom is -0.484 e. The molecule has 1 aliphatic rings. The summed E-state index contributed by atoms with van der Waals surface area (Å²) in [5, 5.41) is 2.73. The number of nitrogens with one attached hydrogen (secondary N) is 2. The molecular weight excluding hydrogens is 444 g/mol. The number of hydrogen-bond acceptors (Lipinski definition) is 4. The van der Waals surface area contributed by atoms with Crippen LogP contribution in [-0.2, 0) is 14.8 Å². The molecule has 1 saturated carbocycles. The van der Waals surface area contributed by atoms with Crippen LogP contribution in [0.4, 0.5) is 5.69 Å². The first-order valence-corrected chi connectivity index (χ1v) is 11.5. The van der Waals surface area contributed by atoms with Gasteiger partial charge in [-0.1, -0.05) is 35.2 Å². The first-order chi connectivity index (χ1) is 13.4. The second-order valence-electron chi connectivity index (χ2n) is 6.77. The maximum absolute atomic E-state index is 12.5. The molecule has 8 heteroatoms. The molecule has 0 bridgehead atoms. The van der Waals surface area contributed by atoms with Crippen LogP contribution in [0.1, 0.15) is 32.1 Å². The molecule has 0 aliphatic heterocycles. The number of halogens is 1. The van der Waals surface area contributed by atoms with Crippen LogP contribution in [0, 0.1) is 0 Å². The molecule has 1 fully saturated rings. The van der Waals surface area contributed by atoms with Crippen LogP contribution >= 0.6 is 15.9 Å².